The Morgan fingerprint density at radius 3 is 2.29 bits per heavy atom. The fraction of sp³-hybridized carbons (Fsp3) is 0.286. The van der Waals surface area contributed by atoms with E-state index in [0.29, 0.717) is 23.6 Å². The van der Waals surface area contributed by atoms with Crippen LogP contribution in [0.25, 0.3) is 0 Å². The van der Waals surface area contributed by atoms with Gasteiger partial charge in [0.2, 0.25) is 5.91 Å². The maximum atomic E-state index is 12.5. The lowest BCUT2D eigenvalue weighted by Crippen LogP contribution is -2.36. The largest absolute Gasteiger partial charge is 0.487 e. The van der Waals surface area contributed by atoms with Crippen LogP contribution in [0.5, 0.6) is 5.75 Å². The van der Waals surface area contributed by atoms with E-state index in [4.69, 9.17) is 4.74 Å². The summed E-state index contributed by atoms with van der Waals surface area (Å²) in [7, 11) is 0. The Balaban J connectivity index is 1.26. The zero-order valence-corrected chi connectivity index (χ0v) is 19.3. The summed E-state index contributed by atoms with van der Waals surface area (Å²) in [5.41, 5.74) is 3.08. The van der Waals surface area contributed by atoms with Crippen molar-refractivity contribution in [1.29, 1.82) is 0 Å². The number of carbonyl (C=O) groups excluding carboxylic acids is 2. The summed E-state index contributed by atoms with van der Waals surface area (Å²) < 4.78 is 5.93. The van der Waals surface area contributed by atoms with E-state index in [1.54, 1.807) is 24.3 Å². The second-order valence-corrected chi connectivity index (χ2v) is 8.56. The smallest absolute Gasteiger partial charge is 0.251 e. The van der Waals surface area contributed by atoms with Crippen LogP contribution in [-0.2, 0) is 11.4 Å². The number of benzene rings is 3. The molecule has 1 aliphatic rings. The summed E-state index contributed by atoms with van der Waals surface area (Å²) >= 11 is 0. The predicted molar refractivity (Wildman–Crippen MR) is 135 cm³/mol. The maximum absolute atomic E-state index is 12.5. The van der Waals surface area contributed by atoms with Gasteiger partial charge in [0.1, 0.15) is 12.4 Å². The third kappa shape index (κ3) is 6.85. The number of ether oxygens (including phenoxy) is 1. The van der Waals surface area contributed by atoms with Gasteiger partial charge in [0.15, 0.2) is 0 Å². The number of nitrogens with one attached hydrogen (secondary N) is 3. The lowest BCUT2D eigenvalue weighted by Gasteiger charge is -2.22. The second kappa shape index (κ2) is 11.9. The summed E-state index contributed by atoms with van der Waals surface area (Å²) in [6, 6.07) is 24.8. The fourth-order valence-corrected chi connectivity index (χ4v) is 4.08. The molecule has 0 bridgehead atoms. The number of hydrogen-bond acceptors (Lipinski definition) is 4. The highest BCUT2D eigenvalue weighted by Crippen LogP contribution is 2.24. The predicted octanol–water partition coefficient (Wildman–Crippen LogP) is 5.38. The van der Waals surface area contributed by atoms with Crippen LogP contribution in [0.15, 0.2) is 78.9 Å². The molecule has 0 heterocycles. The molecular weight excluding hydrogens is 426 g/mol. The van der Waals surface area contributed by atoms with Crippen LogP contribution in [0.2, 0.25) is 0 Å². The van der Waals surface area contributed by atoms with Crippen molar-refractivity contribution in [3.63, 3.8) is 0 Å². The SMILES string of the molecule is O=C(CNc1ccccc1OCc1ccccc1)Nc1ccc(C(=O)NC2CCCCC2)cc1. The molecule has 2 amide bonds. The Hall–Kier alpha value is -3.80. The quantitative estimate of drug-likeness (QED) is 0.403. The van der Waals surface area contributed by atoms with Crippen molar-refractivity contribution in [2.75, 3.05) is 17.2 Å². The first-order valence-corrected chi connectivity index (χ1v) is 11.9. The molecular formula is C28H31N3O3. The summed E-state index contributed by atoms with van der Waals surface area (Å²) in [4.78, 5) is 24.9. The summed E-state index contributed by atoms with van der Waals surface area (Å²) in [6.45, 7) is 0.544. The molecule has 0 unspecified atom stereocenters. The van der Waals surface area contributed by atoms with Crippen LogP contribution >= 0.6 is 0 Å². The third-order valence-corrected chi connectivity index (χ3v) is 5.93. The monoisotopic (exact) mass is 457 g/mol. The molecule has 4 rings (SSSR count). The molecule has 1 saturated carbocycles. The molecule has 1 fully saturated rings. The lowest BCUT2D eigenvalue weighted by molar-refractivity contribution is -0.114. The van der Waals surface area contributed by atoms with Crippen molar-refractivity contribution >= 4 is 23.2 Å². The van der Waals surface area contributed by atoms with Crippen LogP contribution in [-0.4, -0.2) is 24.4 Å². The first-order valence-electron chi connectivity index (χ1n) is 11.9. The zero-order valence-electron chi connectivity index (χ0n) is 19.3. The van der Waals surface area contributed by atoms with Gasteiger partial charge in [-0.15, -0.1) is 0 Å². The van der Waals surface area contributed by atoms with Crippen LogP contribution in [0.1, 0.15) is 48.0 Å². The van der Waals surface area contributed by atoms with Crippen molar-refractivity contribution in [2.45, 2.75) is 44.8 Å². The number of anilines is 2. The van der Waals surface area contributed by atoms with Gasteiger partial charge < -0.3 is 20.7 Å². The highest BCUT2D eigenvalue weighted by molar-refractivity contribution is 5.96. The second-order valence-electron chi connectivity index (χ2n) is 8.56. The van der Waals surface area contributed by atoms with E-state index < -0.39 is 0 Å². The van der Waals surface area contributed by atoms with E-state index in [1.807, 2.05) is 54.6 Å². The highest BCUT2D eigenvalue weighted by atomic mass is 16.5. The minimum Gasteiger partial charge on any atom is -0.487 e. The lowest BCUT2D eigenvalue weighted by atomic mass is 9.95. The molecule has 0 aromatic heterocycles. The Morgan fingerprint density at radius 2 is 1.53 bits per heavy atom. The van der Waals surface area contributed by atoms with Crippen LogP contribution in [0.4, 0.5) is 11.4 Å². The van der Waals surface area contributed by atoms with E-state index in [-0.39, 0.29) is 24.4 Å². The van der Waals surface area contributed by atoms with E-state index in [9.17, 15) is 9.59 Å². The third-order valence-electron chi connectivity index (χ3n) is 5.93. The first-order chi connectivity index (χ1) is 16.7. The molecule has 3 aromatic rings. The highest BCUT2D eigenvalue weighted by Gasteiger charge is 2.16. The molecule has 0 radical (unpaired) electrons. The van der Waals surface area contributed by atoms with Crippen molar-refractivity contribution in [3.05, 3.63) is 90.0 Å². The van der Waals surface area contributed by atoms with Gasteiger partial charge in [-0.05, 0) is 54.8 Å². The van der Waals surface area contributed by atoms with Gasteiger partial charge in [-0.2, -0.15) is 0 Å². The minimum atomic E-state index is -0.183. The van der Waals surface area contributed by atoms with Gasteiger partial charge in [-0.1, -0.05) is 61.7 Å². The van der Waals surface area contributed by atoms with Crippen LogP contribution in [0.3, 0.4) is 0 Å². The average Bonchev–Trinajstić information content (AvgIpc) is 2.88. The molecule has 0 spiro atoms. The normalized spacial score (nSPS) is 13.6. The number of carbonyl (C=O) groups is 2. The van der Waals surface area contributed by atoms with E-state index in [0.717, 1.165) is 24.1 Å². The topological polar surface area (TPSA) is 79.5 Å². The fourth-order valence-electron chi connectivity index (χ4n) is 4.08. The summed E-state index contributed by atoms with van der Waals surface area (Å²) in [5, 5.41) is 9.12. The van der Waals surface area contributed by atoms with Gasteiger partial charge in [0, 0.05) is 17.3 Å². The van der Waals surface area contributed by atoms with Gasteiger partial charge >= 0.3 is 0 Å². The number of amides is 2. The van der Waals surface area contributed by atoms with Crippen LogP contribution < -0.4 is 20.7 Å². The standard InChI is InChI=1S/C28H31N3O3/c32-27(19-29-25-13-7-8-14-26(25)34-20-21-9-3-1-4-10-21)30-24-17-15-22(16-18-24)28(33)31-23-11-5-2-6-12-23/h1,3-4,7-10,13-18,23,29H,2,5-6,11-12,19-20H2,(H,30,32)(H,31,33). The van der Waals surface area contributed by atoms with Gasteiger partial charge in [-0.25, -0.2) is 0 Å². The van der Waals surface area contributed by atoms with E-state index >= 15 is 0 Å². The van der Waals surface area contributed by atoms with Gasteiger partial charge in [0.25, 0.3) is 5.91 Å². The Kier molecular flexibility index (Phi) is 8.17. The van der Waals surface area contributed by atoms with Crippen molar-refractivity contribution < 1.29 is 14.3 Å². The minimum absolute atomic E-state index is 0.0569. The molecule has 34 heavy (non-hydrogen) atoms. The Labute approximate surface area is 200 Å². The molecule has 6 nitrogen and oxygen atoms in total. The van der Waals surface area contributed by atoms with Crippen molar-refractivity contribution in [3.8, 4) is 5.75 Å². The summed E-state index contributed by atoms with van der Waals surface area (Å²) in [5.74, 6) is 0.448. The Morgan fingerprint density at radius 1 is 0.824 bits per heavy atom. The first kappa shape index (κ1) is 23.4. The van der Waals surface area contributed by atoms with Crippen LogP contribution in [0, 0.1) is 0 Å². The van der Waals surface area contributed by atoms with E-state index in [1.165, 1.54) is 19.3 Å². The number of hydrogen-bond donors (Lipinski definition) is 3. The average molecular weight is 458 g/mol. The van der Waals surface area contributed by atoms with Crippen molar-refractivity contribution in [2.24, 2.45) is 0 Å². The maximum Gasteiger partial charge on any atom is 0.251 e. The molecule has 6 heteroatoms. The Bertz CT molecular complexity index is 1080. The molecule has 0 saturated heterocycles. The number of rotatable bonds is 9. The summed E-state index contributed by atoms with van der Waals surface area (Å²) in [6.07, 6.45) is 5.70. The number of para-hydroxylation sites is 2. The van der Waals surface area contributed by atoms with Gasteiger partial charge in [0.05, 0.1) is 12.2 Å². The zero-order chi connectivity index (χ0) is 23.6. The molecule has 176 valence electrons. The molecule has 1 aliphatic carbocycles. The molecule has 0 atom stereocenters. The van der Waals surface area contributed by atoms with E-state index in [2.05, 4.69) is 16.0 Å². The molecule has 3 N–H and O–H groups in total. The van der Waals surface area contributed by atoms with Gasteiger partial charge in [-0.3, -0.25) is 9.59 Å². The molecule has 0 aliphatic heterocycles. The molecule has 3 aromatic carbocycles. The van der Waals surface area contributed by atoms with Crippen molar-refractivity contribution in [1.82, 2.24) is 5.32 Å².